The van der Waals surface area contributed by atoms with Crippen molar-refractivity contribution in [3.05, 3.63) is 23.9 Å². The van der Waals surface area contributed by atoms with Gasteiger partial charge in [-0.3, -0.25) is 0 Å². The highest BCUT2D eigenvalue weighted by Gasteiger charge is 2.21. The topological polar surface area (TPSA) is 56.6 Å². The van der Waals surface area contributed by atoms with Crippen molar-refractivity contribution in [3.63, 3.8) is 0 Å². The van der Waals surface area contributed by atoms with Crippen molar-refractivity contribution < 1.29 is 10.2 Å². The van der Waals surface area contributed by atoms with Crippen molar-refractivity contribution in [2.75, 3.05) is 18.1 Å². The van der Waals surface area contributed by atoms with Crippen molar-refractivity contribution in [3.8, 4) is 0 Å². The Labute approximate surface area is 102 Å². The summed E-state index contributed by atoms with van der Waals surface area (Å²) in [6, 6.07) is 5.84. The van der Waals surface area contributed by atoms with Crippen LogP contribution in [-0.4, -0.2) is 34.4 Å². The minimum Gasteiger partial charge on any atom is -0.394 e. The van der Waals surface area contributed by atoms with Crippen LogP contribution in [0.15, 0.2) is 18.2 Å². The first-order valence-electron chi connectivity index (χ1n) is 6.29. The summed E-state index contributed by atoms with van der Waals surface area (Å²) in [6.45, 7) is 1.07. The van der Waals surface area contributed by atoms with Gasteiger partial charge in [0.05, 0.1) is 24.9 Å². The summed E-state index contributed by atoms with van der Waals surface area (Å²) in [6.07, 6.45) is 4.54. The number of aromatic nitrogens is 1. The fourth-order valence-corrected chi connectivity index (χ4v) is 2.38. The standard InChI is InChI=1S/C13H20N2O2/c16-9-11-5-4-7-13(14-11)15-8-3-1-2-6-12(15)10-17/h4-5,7,12,16-17H,1-3,6,8-10H2. The van der Waals surface area contributed by atoms with Crippen LogP contribution in [0, 0.1) is 0 Å². The molecule has 2 rings (SSSR count). The molecule has 0 aliphatic carbocycles. The molecule has 94 valence electrons. The molecule has 2 N–H and O–H groups in total. The largest absolute Gasteiger partial charge is 0.394 e. The molecule has 1 unspecified atom stereocenters. The molecule has 0 aromatic carbocycles. The molecule has 4 heteroatoms. The van der Waals surface area contributed by atoms with Gasteiger partial charge in [-0.15, -0.1) is 0 Å². The van der Waals surface area contributed by atoms with Crippen molar-refractivity contribution in [2.24, 2.45) is 0 Å². The molecule has 2 heterocycles. The van der Waals surface area contributed by atoms with Crippen LogP contribution in [-0.2, 0) is 6.61 Å². The molecular weight excluding hydrogens is 216 g/mol. The Hall–Kier alpha value is -1.13. The van der Waals surface area contributed by atoms with E-state index in [4.69, 9.17) is 5.11 Å². The maximum atomic E-state index is 9.46. The molecule has 0 amide bonds. The highest BCUT2D eigenvalue weighted by molar-refractivity contribution is 5.40. The van der Waals surface area contributed by atoms with E-state index in [1.54, 1.807) is 0 Å². The minimum atomic E-state index is -0.0362. The Morgan fingerprint density at radius 3 is 2.88 bits per heavy atom. The first-order chi connectivity index (χ1) is 8.35. The van der Waals surface area contributed by atoms with Crippen LogP contribution in [0.1, 0.15) is 31.4 Å². The van der Waals surface area contributed by atoms with E-state index in [1.807, 2.05) is 18.2 Å². The number of rotatable bonds is 3. The van der Waals surface area contributed by atoms with Gasteiger partial charge in [0.2, 0.25) is 0 Å². The lowest BCUT2D eigenvalue weighted by Crippen LogP contribution is -2.38. The Bertz CT molecular complexity index is 357. The van der Waals surface area contributed by atoms with E-state index in [2.05, 4.69) is 9.88 Å². The maximum Gasteiger partial charge on any atom is 0.129 e. The average molecular weight is 236 g/mol. The zero-order chi connectivity index (χ0) is 12.1. The highest BCUT2D eigenvalue weighted by atomic mass is 16.3. The molecule has 1 aromatic rings. The van der Waals surface area contributed by atoms with Gasteiger partial charge in [0, 0.05) is 6.54 Å². The SMILES string of the molecule is OCc1cccc(N2CCCCCC2CO)n1. The van der Waals surface area contributed by atoms with E-state index < -0.39 is 0 Å². The van der Waals surface area contributed by atoms with E-state index in [-0.39, 0.29) is 19.3 Å². The van der Waals surface area contributed by atoms with E-state index in [0.717, 1.165) is 25.2 Å². The summed E-state index contributed by atoms with van der Waals surface area (Å²) in [4.78, 5) is 6.59. The van der Waals surface area contributed by atoms with Crippen molar-refractivity contribution in [1.82, 2.24) is 4.98 Å². The Balaban J connectivity index is 2.21. The second kappa shape index (κ2) is 5.98. The van der Waals surface area contributed by atoms with Crippen LogP contribution in [0.25, 0.3) is 0 Å². The number of pyridine rings is 1. The number of aliphatic hydroxyl groups is 2. The van der Waals surface area contributed by atoms with Crippen molar-refractivity contribution >= 4 is 5.82 Å². The monoisotopic (exact) mass is 236 g/mol. The minimum absolute atomic E-state index is 0.0362. The van der Waals surface area contributed by atoms with Crippen LogP contribution in [0.4, 0.5) is 5.82 Å². The summed E-state index contributed by atoms with van der Waals surface area (Å²) < 4.78 is 0. The molecule has 0 spiro atoms. The predicted octanol–water partition coefficient (Wildman–Crippen LogP) is 1.32. The molecule has 0 radical (unpaired) electrons. The summed E-state index contributed by atoms with van der Waals surface area (Å²) in [7, 11) is 0. The lowest BCUT2D eigenvalue weighted by molar-refractivity contribution is 0.254. The van der Waals surface area contributed by atoms with E-state index in [9.17, 15) is 5.11 Å². The molecule has 1 fully saturated rings. The molecule has 1 saturated heterocycles. The highest BCUT2D eigenvalue weighted by Crippen LogP contribution is 2.22. The molecule has 1 aliphatic heterocycles. The first-order valence-corrected chi connectivity index (χ1v) is 6.29. The fraction of sp³-hybridized carbons (Fsp3) is 0.615. The van der Waals surface area contributed by atoms with Gasteiger partial charge >= 0.3 is 0 Å². The van der Waals surface area contributed by atoms with Crippen molar-refractivity contribution in [2.45, 2.75) is 38.3 Å². The first kappa shape index (κ1) is 12.3. The van der Waals surface area contributed by atoms with Gasteiger partial charge in [0.15, 0.2) is 0 Å². The third-order valence-electron chi connectivity index (χ3n) is 3.34. The quantitative estimate of drug-likeness (QED) is 0.831. The van der Waals surface area contributed by atoms with Gasteiger partial charge < -0.3 is 15.1 Å². The molecule has 17 heavy (non-hydrogen) atoms. The van der Waals surface area contributed by atoms with Crippen LogP contribution in [0.5, 0.6) is 0 Å². The van der Waals surface area contributed by atoms with Crippen LogP contribution < -0.4 is 4.90 Å². The van der Waals surface area contributed by atoms with Crippen molar-refractivity contribution in [1.29, 1.82) is 0 Å². The normalized spacial score (nSPS) is 21.3. The summed E-state index contributed by atoms with van der Waals surface area (Å²) in [5.74, 6) is 0.873. The van der Waals surface area contributed by atoms with Crippen LogP contribution in [0.3, 0.4) is 0 Å². The number of aliphatic hydroxyl groups excluding tert-OH is 2. The predicted molar refractivity (Wildman–Crippen MR) is 66.8 cm³/mol. The Morgan fingerprint density at radius 1 is 1.24 bits per heavy atom. The molecule has 1 atom stereocenters. The van der Waals surface area contributed by atoms with Crippen LogP contribution >= 0.6 is 0 Å². The Morgan fingerprint density at radius 2 is 2.12 bits per heavy atom. The molecule has 0 bridgehead atoms. The average Bonchev–Trinajstić information content (AvgIpc) is 2.63. The summed E-state index contributed by atoms with van der Waals surface area (Å²) >= 11 is 0. The molecule has 1 aliphatic rings. The Kier molecular flexibility index (Phi) is 4.34. The summed E-state index contributed by atoms with van der Waals surface area (Å²) in [5, 5.41) is 18.6. The number of hydrogen-bond acceptors (Lipinski definition) is 4. The van der Waals surface area contributed by atoms with Crippen LogP contribution in [0.2, 0.25) is 0 Å². The number of anilines is 1. The molecule has 4 nitrogen and oxygen atoms in total. The maximum absolute atomic E-state index is 9.46. The molecule has 1 aromatic heterocycles. The van der Waals surface area contributed by atoms with Gasteiger partial charge in [-0.05, 0) is 25.0 Å². The van der Waals surface area contributed by atoms with Gasteiger partial charge in [0.25, 0.3) is 0 Å². The van der Waals surface area contributed by atoms with Gasteiger partial charge in [-0.1, -0.05) is 18.9 Å². The zero-order valence-corrected chi connectivity index (χ0v) is 10.0. The van der Waals surface area contributed by atoms with Gasteiger partial charge in [-0.2, -0.15) is 0 Å². The lowest BCUT2D eigenvalue weighted by Gasteiger charge is -2.29. The molecule has 0 saturated carbocycles. The van der Waals surface area contributed by atoms with E-state index >= 15 is 0 Å². The second-order valence-electron chi connectivity index (χ2n) is 4.52. The fourth-order valence-electron chi connectivity index (χ4n) is 2.38. The number of hydrogen-bond donors (Lipinski definition) is 2. The third-order valence-corrected chi connectivity index (χ3v) is 3.34. The molecular formula is C13H20N2O2. The lowest BCUT2D eigenvalue weighted by atomic mass is 10.1. The summed E-state index contributed by atoms with van der Waals surface area (Å²) in [5.41, 5.74) is 0.684. The van der Waals surface area contributed by atoms with Gasteiger partial charge in [0.1, 0.15) is 5.82 Å². The second-order valence-corrected chi connectivity index (χ2v) is 4.52. The smallest absolute Gasteiger partial charge is 0.129 e. The third kappa shape index (κ3) is 2.96. The van der Waals surface area contributed by atoms with E-state index in [1.165, 1.54) is 12.8 Å². The van der Waals surface area contributed by atoms with E-state index in [0.29, 0.717) is 5.69 Å². The zero-order valence-electron chi connectivity index (χ0n) is 10.0. The number of nitrogens with zero attached hydrogens (tertiary/aromatic N) is 2. The van der Waals surface area contributed by atoms with Gasteiger partial charge in [-0.25, -0.2) is 4.98 Å².